The molecular weight excluding hydrogens is 325 g/mol. The summed E-state index contributed by atoms with van der Waals surface area (Å²) in [5.74, 6) is 0.401. The summed E-state index contributed by atoms with van der Waals surface area (Å²) in [7, 11) is 0. The maximum atomic E-state index is 13.8. The molecule has 0 amide bonds. The van der Waals surface area contributed by atoms with Crippen LogP contribution in [0.15, 0.2) is 27.1 Å². The standard InChI is InChI=1S/C14H15BrFN3O/c15-10-3-1-4-11(16)13(10)14-19-18-12(20-14)5-2-8-17-9-6-7-9/h1,3-4,9,17H,2,5-8H2. The van der Waals surface area contributed by atoms with Crippen LogP contribution in [0, 0.1) is 5.82 Å². The van der Waals surface area contributed by atoms with Crippen LogP contribution in [0.1, 0.15) is 25.2 Å². The summed E-state index contributed by atoms with van der Waals surface area (Å²) in [4.78, 5) is 0. The molecule has 0 spiro atoms. The van der Waals surface area contributed by atoms with E-state index in [2.05, 4.69) is 31.4 Å². The van der Waals surface area contributed by atoms with E-state index in [1.54, 1.807) is 12.1 Å². The van der Waals surface area contributed by atoms with Gasteiger partial charge in [-0.25, -0.2) is 4.39 Å². The Bertz CT molecular complexity index is 578. The zero-order valence-corrected chi connectivity index (χ0v) is 12.5. The largest absolute Gasteiger partial charge is 0.421 e. The molecule has 0 atom stereocenters. The van der Waals surface area contributed by atoms with E-state index in [9.17, 15) is 4.39 Å². The number of rotatable bonds is 6. The first-order valence-corrected chi connectivity index (χ1v) is 7.53. The minimum Gasteiger partial charge on any atom is -0.421 e. The summed E-state index contributed by atoms with van der Waals surface area (Å²) in [6.07, 6.45) is 4.22. The second-order valence-electron chi connectivity index (χ2n) is 4.93. The van der Waals surface area contributed by atoms with Gasteiger partial charge < -0.3 is 9.73 Å². The monoisotopic (exact) mass is 339 g/mol. The fraction of sp³-hybridized carbons (Fsp3) is 0.429. The quantitative estimate of drug-likeness (QED) is 0.820. The number of nitrogens with zero attached hydrogens (tertiary/aromatic N) is 2. The third-order valence-electron chi connectivity index (χ3n) is 3.22. The lowest BCUT2D eigenvalue weighted by molar-refractivity contribution is 0.487. The van der Waals surface area contributed by atoms with E-state index >= 15 is 0 Å². The normalized spacial score (nSPS) is 14.7. The molecule has 0 aliphatic heterocycles. The highest BCUT2D eigenvalue weighted by atomic mass is 79.9. The summed E-state index contributed by atoms with van der Waals surface area (Å²) in [5, 5.41) is 11.3. The highest BCUT2D eigenvalue weighted by Gasteiger charge is 2.20. The molecule has 0 unspecified atom stereocenters. The Labute approximate surface area is 124 Å². The van der Waals surface area contributed by atoms with Gasteiger partial charge in [-0.1, -0.05) is 6.07 Å². The van der Waals surface area contributed by atoms with Crippen molar-refractivity contribution in [2.24, 2.45) is 0 Å². The van der Waals surface area contributed by atoms with E-state index in [4.69, 9.17) is 4.42 Å². The van der Waals surface area contributed by atoms with E-state index in [-0.39, 0.29) is 11.7 Å². The molecule has 6 heteroatoms. The van der Waals surface area contributed by atoms with E-state index in [1.807, 2.05) is 0 Å². The second kappa shape index (κ2) is 6.01. The van der Waals surface area contributed by atoms with Gasteiger partial charge in [-0.3, -0.25) is 0 Å². The molecule has 1 aromatic carbocycles. The number of nitrogens with one attached hydrogen (secondary N) is 1. The van der Waals surface area contributed by atoms with Crippen LogP contribution in [0.25, 0.3) is 11.5 Å². The highest BCUT2D eigenvalue weighted by Crippen LogP contribution is 2.29. The Morgan fingerprint density at radius 2 is 2.20 bits per heavy atom. The van der Waals surface area contributed by atoms with Crippen molar-refractivity contribution in [2.45, 2.75) is 31.7 Å². The molecular formula is C14H15BrFN3O. The Kier molecular flexibility index (Phi) is 4.12. The van der Waals surface area contributed by atoms with Gasteiger partial charge in [0.1, 0.15) is 5.82 Å². The predicted octanol–water partition coefficient (Wildman–Crippen LogP) is 3.32. The summed E-state index contributed by atoms with van der Waals surface area (Å²) in [6, 6.07) is 5.47. The molecule has 1 N–H and O–H groups in total. The molecule has 1 aliphatic rings. The van der Waals surface area contributed by atoms with Crippen molar-refractivity contribution in [3.05, 3.63) is 34.4 Å². The number of benzene rings is 1. The lowest BCUT2D eigenvalue weighted by Crippen LogP contribution is -2.17. The van der Waals surface area contributed by atoms with Crippen LogP contribution in [-0.4, -0.2) is 22.8 Å². The number of hydrogen-bond acceptors (Lipinski definition) is 4. The van der Waals surface area contributed by atoms with Crippen molar-refractivity contribution in [1.82, 2.24) is 15.5 Å². The van der Waals surface area contributed by atoms with Crippen molar-refractivity contribution in [1.29, 1.82) is 0 Å². The first kappa shape index (κ1) is 13.7. The van der Waals surface area contributed by atoms with Gasteiger partial charge in [-0.15, -0.1) is 10.2 Å². The van der Waals surface area contributed by atoms with Crippen molar-refractivity contribution in [3.63, 3.8) is 0 Å². The van der Waals surface area contributed by atoms with Gasteiger partial charge in [0.05, 0.1) is 5.56 Å². The topological polar surface area (TPSA) is 51.0 Å². The van der Waals surface area contributed by atoms with Gasteiger partial charge in [-0.05, 0) is 53.9 Å². The zero-order valence-electron chi connectivity index (χ0n) is 10.9. The number of halogens is 2. The maximum Gasteiger partial charge on any atom is 0.251 e. The lowest BCUT2D eigenvalue weighted by Gasteiger charge is -2.01. The van der Waals surface area contributed by atoms with Crippen LogP contribution in [-0.2, 0) is 6.42 Å². The zero-order chi connectivity index (χ0) is 13.9. The van der Waals surface area contributed by atoms with Gasteiger partial charge >= 0.3 is 0 Å². The predicted molar refractivity (Wildman–Crippen MR) is 76.7 cm³/mol. The maximum absolute atomic E-state index is 13.8. The number of aromatic nitrogens is 2. The molecule has 1 fully saturated rings. The van der Waals surface area contributed by atoms with Gasteiger partial charge in [0, 0.05) is 16.9 Å². The molecule has 1 aromatic heterocycles. The Balaban J connectivity index is 1.63. The van der Waals surface area contributed by atoms with Crippen LogP contribution in [0.4, 0.5) is 4.39 Å². The Hall–Kier alpha value is -1.27. The molecule has 20 heavy (non-hydrogen) atoms. The van der Waals surface area contributed by atoms with E-state index in [0.29, 0.717) is 28.4 Å². The van der Waals surface area contributed by atoms with Gasteiger partial charge in [0.15, 0.2) is 0 Å². The molecule has 2 aromatic rings. The first-order chi connectivity index (χ1) is 9.74. The smallest absolute Gasteiger partial charge is 0.251 e. The first-order valence-electron chi connectivity index (χ1n) is 6.74. The Morgan fingerprint density at radius 1 is 1.35 bits per heavy atom. The average Bonchev–Trinajstić information content (AvgIpc) is 3.13. The van der Waals surface area contributed by atoms with Crippen LogP contribution in [0.3, 0.4) is 0 Å². The minimum absolute atomic E-state index is 0.222. The summed E-state index contributed by atoms with van der Waals surface area (Å²) in [6.45, 7) is 0.950. The van der Waals surface area contributed by atoms with Crippen LogP contribution < -0.4 is 5.32 Å². The summed E-state index contributed by atoms with van der Waals surface area (Å²) >= 11 is 3.30. The van der Waals surface area contributed by atoms with Gasteiger partial charge in [-0.2, -0.15) is 0 Å². The molecule has 1 aliphatic carbocycles. The van der Waals surface area contributed by atoms with Crippen molar-refractivity contribution >= 4 is 15.9 Å². The average molecular weight is 340 g/mol. The van der Waals surface area contributed by atoms with E-state index < -0.39 is 0 Å². The molecule has 0 saturated heterocycles. The van der Waals surface area contributed by atoms with Crippen molar-refractivity contribution < 1.29 is 8.81 Å². The third-order valence-corrected chi connectivity index (χ3v) is 3.88. The molecule has 1 heterocycles. The number of aryl methyl sites for hydroxylation is 1. The third kappa shape index (κ3) is 3.24. The van der Waals surface area contributed by atoms with E-state index in [0.717, 1.165) is 13.0 Å². The molecule has 106 valence electrons. The molecule has 1 saturated carbocycles. The van der Waals surface area contributed by atoms with Crippen LogP contribution >= 0.6 is 15.9 Å². The molecule has 0 radical (unpaired) electrons. The summed E-state index contributed by atoms with van der Waals surface area (Å²) in [5.41, 5.74) is 0.322. The Morgan fingerprint density at radius 3 is 2.95 bits per heavy atom. The molecule has 0 bridgehead atoms. The lowest BCUT2D eigenvalue weighted by atomic mass is 10.2. The fourth-order valence-electron chi connectivity index (χ4n) is 1.99. The fourth-order valence-corrected chi connectivity index (χ4v) is 2.50. The molecule has 4 nitrogen and oxygen atoms in total. The minimum atomic E-state index is -0.370. The van der Waals surface area contributed by atoms with Crippen molar-refractivity contribution in [3.8, 4) is 11.5 Å². The highest BCUT2D eigenvalue weighted by molar-refractivity contribution is 9.10. The number of hydrogen-bond donors (Lipinski definition) is 1. The second-order valence-corrected chi connectivity index (χ2v) is 5.78. The van der Waals surface area contributed by atoms with Gasteiger partial charge in [0.25, 0.3) is 5.89 Å². The van der Waals surface area contributed by atoms with Gasteiger partial charge in [0.2, 0.25) is 5.89 Å². The van der Waals surface area contributed by atoms with E-state index in [1.165, 1.54) is 18.9 Å². The molecule has 3 rings (SSSR count). The van der Waals surface area contributed by atoms with Crippen molar-refractivity contribution in [2.75, 3.05) is 6.54 Å². The SMILES string of the molecule is Fc1cccc(Br)c1-c1nnc(CCCNC2CC2)o1. The van der Waals surface area contributed by atoms with Crippen LogP contribution in [0.5, 0.6) is 0 Å². The summed E-state index contributed by atoms with van der Waals surface area (Å²) < 4.78 is 19.9. The van der Waals surface area contributed by atoms with Crippen LogP contribution in [0.2, 0.25) is 0 Å².